The van der Waals surface area contributed by atoms with Crippen molar-refractivity contribution in [3.8, 4) is 12.3 Å². The molecule has 3 heterocycles. The molecule has 2 aromatic heterocycles. The Morgan fingerprint density at radius 1 is 1.07 bits per heavy atom. The van der Waals surface area contributed by atoms with E-state index in [1.165, 1.54) is 62.3 Å². The third-order valence-corrected chi connectivity index (χ3v) is 8.69. The van der Waals surface area contributed by atoms with Crippen LogP contribution < -0.4 is 5.32 Å². The first-order valence-electron chi connectivity index (χ1n) is 16.9. The second-order valence-corrected chi connectivity index (χ2v) is 12.6. The third-order valence-electron chi connectivity index (χ3n) is 8.69. The van der Waals surface area contributed by atoms with Gasteiger partial charge in [0, 0.05) is 12.8 Å². The van der Waals surface area contributed by atoms with Crippen LogP contribution in [0.5, 0.6) is 0 Å². The number of amides is 1. The zero-order chi connectivity index (χ0) is 32.9. The number of nitrogens with zero attached hydrogens (tertiary/aromatic N) is 4. The van der Waals surface area contributed by atoms with Crippen LogP contribution in [0.3, 0.4) is 0 Å². The number of aromatic nitrogens is 4. The molecule has 45 heavy (non-hydrogen) atoms. The largest absolute Gasteiger partial charge is 0.418 e. The van der Waals surface area contributed by atoms with Gasteiger partial charge in [-0.25, -0.2) is 4.98 Å². The number of ether oxygens (including phenoxy) is 2. The van der Waals surface area contributed by atoms with Crippen molar-refractivity contribution in [3.63, 3.8) is 0 Å². The molecule has 0 aromatic carbocycles. The van der Waals surface area contributed by atoms with Crippen LogP contribution >= 0.6 is 0 Å². The van der Waals surface area contributed by atoms with E-state index in [-0.39, 0.29) is 35.7 Å². The number of esters is 1. The van der Waals surface area contributed by atoms with E-state index < -0.39 is 35.6 Å². The van der Waals surface area contributed by atoms with E-state index in [1.807, 2.05) is 20.8 Å². The summed E-state index contributed by atoms with van der Waals surface area (Å²) < 4.78 is 27.7. The molecule has 0 spiro atoms. The minimum atomic E-state index is -2.03. The van der Waals surface area contributed by atoms with E-state index in [0.717, 1.165) is 32.1 Å². The van der Waals surface area contributed by atoms with Crippen LogP contribution in [0.4, 0.5) is 10.2 Å². The Labute approximate surface area is 267 Å². The summed E-state index contributed by atoms with van der Waals surface area (Å²) >= 11 is 0. The summed E-state index contributed by atoms with van der Waals surface area (Å²) in [6.07, 6.45) is 19.6. The number of anilines is 1. The van der Waals surface area contributed by atoms with Gasteiger partial charge in [-0.2, -0.15) is 14.4 Å². The number of halogens is 1. The molecule has 0 saturated carbocycles. The third kappa shape index (κ3) is 9.69. The fourth-order valence-electron chi connectivity index (χ4n) is 6.12. The molecule has 2 N–H and O–H groups in total. The second kappa shape index (κ2) is 17.6. The molecule has 3 atom stereocenters. The number of carbonyl (C=O) groups excluding carboxylic acids is 2. The average molecular weight is 630 g/mol. The summed E-state index contributed by atoms with van der Waals surface area (Å²) in [5, 5.41) is 13.6. The van der Waals surface area contributed by atoms with Crippen molar-refractivity contribution in [1.82, 2.24) is 19.5 Å². The fourth-order valence-corrected chi connectivity index (χ4v) is 6.12. The Kier molecular flexibility index (Phi) is 14.2. The highest BCUT2D eigenvalue weighted by molar-refractivity contribution is 5.96. The SMILES string of the molecule is C#C[C@]1(OC(=O)C(C)(CCC)CCC)O[C@@H](n2cnc3c(NC(=O)CCCCCCCCCCCCC)nc(F)nc32)C[C@@H]1O. The smallest absolute Gasteiger partial charge is 0.315 e. The predicted molar refractivity (Wildman–Crippen MR) is 171 cm³/mol. The summed E-state index contributed by atoms with van der Waals surface area (Å²) in [6, 6.07) is 0. The Morgan fingerprint density at radius 3 is 2.24 bits per heavy atom. The maximum atomic E-state index is 14.6. The molecule has 10 nitrogen and oxygen atoms in total. The summed E-state index contributed by atoms with van der Waals surface area (Å²) in [5.74, 6) is -0.570. The van der Waals surface area contributed by atoms with Gasteiger partial charge in [-0.15, -0.1) is 6.42 Å². The van der Waals surface area contributed by atoms with Crippen molar-refractivity contribution in [2.75, 3.05) is 5.32 Å². The second-order valence-electron chi connectivity index (χ2n) is 12.6. The van der Waals surface area contributed by atoms with Crippen LogP contribution in [0, 0.1) is 23.8 Å². The minimum absolute atomic E-state index is 0.0469. The van der Waals surface area contributed by atoms with Crippen molar-refractivity contribution in [1.29, 1.82) is 0 Å². The Balaban J connectivity index is 1.60. The number of aliphatic hydroxyl groups excluding tert-OH is 1. The molecule has 3 rings (SSSR count). The molecular formula is C34H52FN5O5. The van der Waals surface area contributed by atoms with Gasteiger partial charge in [0.05, 0.1) is 11.7 Å². The topological polar surface area (TPSA) is 128 Å². The molecule has 1 fully saturated rings. The van der Waals surface area contributed by atoms with Crippen LogP contribution in [0.2, 0.25) is 0 Å². The van der Waals surface area contributed by atoms with Gasteiger partial charge in [0.2, 0.25) is 5.91 Å². The molecule has 0 radical (unpaired) electrons. The van der Waals surface area contributed by atoms with Crippen molar-refractivity contribution in [2.45, 2.75) is 155 Å². The molecular weight excluding hydrogens is 577 g/mol. The van der Waals surface area contributed by atoms with Crippen LogP contribution in [-0.4, -0.2) is 48.4 Å². The van der Waals surface area contributed by atoms with E-state index in [4.69, 9.17) is 15.9 Å². The van der Waals surface area contributed by atoms with E-state index in [1.54, 1.807) is 0 Å². The number of aliphatic hydroxyl groups is 1. The maximum absolute atomic E-state index is 14.6. The first-order chi connectivity index (χ1) is 21.6. The fraction of sp³-hybridized carbons (Fsp3) is 0.735. The highest BCUT2D eigenvalue weighted by Crippen LogP contribution is 2.41. The van der Waals surface area contributed by atoms with Crippen LogP contribution in [-0.2, 0) is 19.1 Å². The van der Waals surface area contributed by atoms with Crippen LogP contribution in [0.15, 0.2) is 6.33 Å². The van der Waals surface area contributed by atoms with Crippen molar-refractivity contribution >= 4 is 28.9 Å². The molecule has 0 bridgehead atoms. The lowest BCUT2D eigenvalue weighted by molar-refractivity contribution is -0.234. The zero-order valence-corrected chi connectivity index (χ0v) is 27.6. The minimum Gasteiger partial charge on any atom is -0.418 e. The van der Waals surface area contributed by atoms with Gasteiger partial charge in [-0.1, -0.05) is 97.8 Å². The summed E-state index contributed by atoms with van der Waals surface area (Å²) in [6.45, 7) is 8.01. The number of hydrogen-bond acceptors (Lipinski definition) is 8. The number of carbonyl (C=O) groups is 2. The number of nitrogens with one attached hydrogen (secondary N) is 1. The van der Waals surface area contributed by atoms with Gasteiger partial charge in [0.25, 0.3) is 0 Å². The van der Waals surface area contributed by atoms with Crippen molar-refractivity contribution < 1.29 is 28.6 Å². The Morgan fingerprint density at radius 2 is 1.67 bits per heavy atom. The van der Waals surface area contributed by atoms with Gasteiger partial charge in [-0.3, -0.25) is 14.2 Å². The summed E-state index contributed by atoms with van der Waals surface area (Å²) in [7, 11) is 0. The van der Waals surface area contributed by atoms with E-state index in [0.29, 0.717) is 12.8 Å². The van der Waals surface area contributed by atoms with Crippen LogP contribution in [0.25, 0.3) is 11.2 Å². The Bertz CT molecular complexity index is 1290. The standard InChI is InChI=1S/C34H52FN5O5/c1-6-10-11-12-13-14-15-16-17-18-19-20-26(42)37-29-28-30(39-32(35)38-29)40(24-36-28)27-23-25(41)34(9-4,44-27)45-31(43)33(5,21-7-2)22-8-3/h4,24-25,27,41H,6-8,10-23H2,1-3,5H3,(H,37,38,39,42)/t25-,27+,34+/m0/s1. The molecule has 0 unspecified atom stereocenters. The molecule has 0 aliphatic carbocycles. The summed E-state index contributed by atoms with van der Waals surface area (Å²) in [5.41, 5.74) is -0.575. The van der Waals surface area contributed by atoms with Gasteiger partial charge in [0.15, 0.2) is 17.0 Å². The molecule has 2 aromatic rings. The lowest BCUT2D eigenvalue weighted by Gasteiger charge is -2.33. The molecule has 250 valence electrons. The van der Waals surface area contributed by atoms with Gasteiger partial charge in [0.1, 0.15) is 12.3 Å². The average Bonchev–Trinajstić information content (AvgIpc) is 3.57. The predicted octanol–water partition coefficient (Wildman–Crippen LogP) is 7.36. The maximum Gasteiger partial charge on any atom is 0.315 e. The number of rotatable bonds is 20. The monoisotopic (exact) mass is 629 g/mol. The van der Waals surface area contributed by atoms with E-state index in [9.17, 15) is 19.1 Å². The van der Waals surface area contributed by atoms with Crippen molar-refractivity contribution in [2.24, 2.45) is 5.41 Å². The van der Waals surface area contributed by atoms with Gasteiger partial charge in [-0.05, 0) is 32.1 Å². The molecule has 1 aliphatic heterocycles. The highest BCUT2D eigenvalue weighted by Gasteiger charge is 2.53. The van der Waals surface area contributed by atoms with Crippen LogP contribution in [0.1, 0.15) is 143 Å². The summed E-state index contributed by atoms with van der Waals surface area (Å²) in [4.78, 5) is 37.9. The zero-order valence-electron chi connectivity index (χ0n) is 27.6. The molecule has 1 saturated heterocycles. The number of imidazole rings is 1. The van der Waals surface area contributed by atoms with Gasteiger partial charge >= 0.3 is 17.8 Å². The molecule has 1 aliphatic rings. The van der Waals surface area contributed by atoms with Crippen molar-refractivity contribution in [3.05, 3.63) is 12.4 Å². The Hall–Kier alpha value is -3.10. The lowest BCUT2D eigenvalue weighted by atomic mass is 9.81. The number of hydrogen-bond donors (Lipinski definition) is 2. The first-order valence-corrected chi connectivity index (χ1v) is 16.9. The highest BCUT2D eigenvalue weighted by atomic mass is 19.1. The quantitative estimate of drug-likeness (QED) is 0.0673. The van der Waals surface area contributed by atoms with E-state index in [2.05, 4.69) is 33.1 Å². The normalized spacial score (nSPS) is 19.9. The number of fused-ring (bicyclic) bond motifs is 1. The first kappa shape index (κ1) is 36.4. The van der Waals surface area contributed by atoms with Gasteiger partial charge < -0.3 is 19.9 Å². The lowest BCUT2D eigenvalue weighted by Crippen LogP contribution is -2.46. The number of terminal acetylenes is 1. The number of unbranched alkanes of at least 4 members (excludes halogenated alkanes) is 10. The molecule has 11 heteroatoms. The molecule has 1 amide bonds. The van der Waals surface area contributed by atoms with E-state index >= 15 is 0 Å².